The lowest BCUT2D eigenvalue weighted by atomic mass is 10.4. The van der Waals surface area contributed by atoms with E-state index >= 15 is 0 Å². The van der Waals surface area contributed by atoms with Crippen molar-refractivity contribution in [2.45, 2.75) is 0 Å². The number of nitrogens with one attached hydrogen (secondary N) is 1. The van der Waals surface area contributed by atoms with Gasteiger partial charge in [-0.15, -0.1) is 0 Å². The Hall–Kier alpha value is -0.0800. The molecule has 0 bridgehead atoms. The van der Waals surface area contributed by atoms with Gasteiger partial charge in [0.25, 0.3) is 0 Å². The highest BCUT2D eigenvalue weighted by Gasteiger charge is 2.08. The molecule has 42 valence electrons. The minimum Gasteiger partial charge on any atom is -0.337 e. The van der Waals surface area contributed by atoms with E-state index in [0.717, 1.165) is 0 Å². The summed E-state index contributed by atoms with van der Waals surface area (Å²) >= 11 is 0. The first kappa shape index (κ1) is 5.06. The Labute approximate surface area is 44.5 Å². The molecule has 0 aromatic rings. The molecule has 3 N–H and O–H groups in total. The van der Waals surface area contributed by atoms with E-state index in [0.29, 0.717) is 0 Å². The van der Waals surface area contributed by atoms with Crippen LogP contribution < -0.4 is 10.2 Å². The molecular formula is C5H14N2+2. The van der Waals surface area contributed by atoms with Gasteiger partial charge in [-0.2, -0.15) is 0 Å². The Kier molecular flexibility index (Phi) is 1.65. The third kappa shape index (κ3) is 1.45. The number of hydrogen-bond acceptors (Lipinski definition) is 0. The van der Waals surface area contributed by atoms with Crippen LogP contribution in [0.15, 0.2) is 0 Å². The predicted molar refractivity (Wildman–Crippen MR) is 28.3 cm³/mol. The normalized spacial score (nSPS) is 25.3. The molecule has 1 heterocycles. The van der Waals surface area contributed by atoms with Gasteiger partial charge in [0.2, 0.25) is 0 Å². The number of likely N-dealkylation sites (N-methyl/N-ethyl adjacent to an activating group) is 1. The van der Waals surface area contributed by atoms with Crippen LogP contribution in [0, 0.1) is 0 Å². The molecule has 0 unspecified atom stereocenters. The minimum absolute atomic E-state index is 1.33. The highest BCUT2D eigenvalue weighted by Crippen LogP contribution is 1.45. The molecule has 0 spiro atoms. The van der Waals surface area contributed by atoms with Gasteiger partial charge in [0, 0.05) is 0 Å². The molecule has 0 aliphatic carbocycles. The molecule has 2 nitrogen and oxygen atoms in total. The van der Waals surface area contributed by atoms with Gasteiger partial charge in [-0.05, 0) is 0 Å². The number of piperazine rings is 1. The van der Waals surface area contributed by atoms with Gasteiger partial charge in [-0.1, -0.05) is 0 Å². The second-order valence-corrected chi connectivity index (χ2v) is 2.32. The van der Waals surface area contributed by atoms with E-state index in [2.05, 4.69) is 12.4 Å². The third-order valence-electron chi connectivity index (χ3n) is 1.55. The van der Waals surface area contributed by atoms with Crippen LogP contribution in [0.4, 0.5) is 0 Å². The maximum atomic E-state index is 2.38. The van der Waals surface area contributed by atoms with Crippen LogP contribution >= 0.6 is 0 Å². The zero-order valence-corrected chi connectivity index (χ0v) is 4.91. The van der Waals surface area contributed by atoms with E-state index < -0.39 is 0 Å². The molecule has 1 rings (SSSR count). The standard InChI is InChI=1S/C5H12N2/c1-7-4-2-6-3-5-7/h6H,2-5H2,1H3/p+2. The number of rotatable bonds is 0. The highest BCUT2D eigenvalue weighted by molar-refractivity contribution is 4.27. The first-order valence-corrected chi connectivity index (χ1v) is 3.02. The Morgan fingerprint density at radius 3 is 2.14 bits per heavy atom. The van der Waals surface area contributed by atoms with Gasteiger partial charge in [-0.3, -0.25) is 0 Å². The van der Waals surface area contributed by atoms with Crippen LogP contribution in [0.3, 0.4) is 0 Å². The molecule has 0 aromatic carbocycles. The van der Waals surface area contributed by atoms with Crippen molar-refractivity contribution in [3.8, 4) is 0 Å². The third-order valence-corrected chi connectivity index (χ3v) is 1.55. The van der Waals surface area contributed by atoms with E-state index in [1.807, 2.05) is 0 Å². The quantitative estimate of drug-likeness (QED) is 0.327. The Balaban J connectivity index is 2.12. The topological polar surface area (TPSA) is 21.1 Å². The SMILES string of the molecule is C[NH+]1CC[NH2+]CC1. The fraction of sp³-hybridized carbons (Fsp3) is 1.00. The van der Waals surface area contributed by atoms with Gasteiger partial charge < -0.3 is 10.2 Å². The summed E-state index contributed by atoms with van der Waals surface area (Å²) in [6.07, 6.45) is 0. The first-order valence-electron chi connectivity index (χ1n) is 3.02. The summed E-state index contributed by atoms with van der Waals surface area (Å²) in [6, 6.07) is 0. The van der Waals surface area contributed by atoms with Crippen molar-refractivity contribution >= 4 is 0 Å². The molecule has 0 atom stereocenters. The van der Waals surface area contributed by atoms with Crippen LogP contribution in [0.2, 0.25) is 0 Å². The van der Waals surface area contributed by atoms with E-state index in [-0.39, 0.29) is 0 Å². The molecule has 1 aliphatic rings. The second kappa shape index (κ2) is 2.28. The summed E-state index contributed by atoms with van der Waals surface area (Å²) in [5.41, 5.74) is 0. The Morgan fingerprint density at radius 2 is 1.86 bits per heavy atom. The smallest absolute Gasteiger partial charge is 0.127 e. The maximum Gasteiger partial charge on any atom is 0.127 e. The molecule has 2 heteroatoms. The Bertz CT molecular complexity index is 48.0. The number of hydrogen-bond donors (Lipinski definition) is 2. The fourth-order valence-corrected chi connectivity index (χ4v) is 0.966. The summed E-state index contributed by atoms with van der Waals surface area (Å²) in [7, 11) is 2.26. The zero-order valence-electron chi connectivity index (χ0n) is 4.91. The molecule has 7 heavy (non-hydrogen) atoms. The number of nitrogens with two attached hydrogens (primary N) is 1. The average Bonchev–Trinajstić information content (AvgIpc) is 1.69. The fourth-order valence-electron chi connectivity index (χ4n) is 0.966. The van der Waals surface area contributed by atoms with E-state index in [1.54, 1.807) is 4.90 Å². The molecule has 0 saturated carbocycles. The van der Waals surface area contributed by atoms with Crippen LogP contribution in [-0.2, 0) is 0 Å². The van der Waals surface area contributed by atoms with Crippen molar-refractivity contribution in [1.82, 2.24) is 0 Å². The lowest BCUT2D eigenvalue weighted by Gasteiger charge is -2.16. The van der Waals surface area contributed by atoms with E-state index in [1.165, 1.54) is 26.2 Å². The Morgan fingerprint density at radius 1 is 1.29 bits per heavy atom. The summed E-state index contributed by atoms with van der Waals surface area (Å²) in [5.74, 6) is 0. The van der Waals surface area contributed by atoms with Crippen LogP contribution in [0.5, 0.6) is 0 Å². The second-order valence-electron chi connectivity index (χ2n) is 2.32. The van der Waals surface area contributed by atoms with Crippen molar-refractivity contribution in [1.29, 1.82) is 0 Å². The average molecular weight is 102 g/mol. The molecule has 1 saturated heterocycles. The molecule has 0 amide bonds. The van der Waals surface area contributed by atoms with Gasteiger partial charge >= 0.3 is 0 Å². The minimum atomic E-state index is 1.33. The van der Waals surface area contributed by atoms with Crippen LogP contribution in [0.25, 0.3) is 0 Å². The van der Waals surface area contributed by atoms with Gasteiger partial charge in [0.1, 0.15) is 26.2 Å². The summed E-state index contributed by atoms with van der Waals surface area (Å²) < 4.78 is 0. The first-order chi connectivity index (χ1) is 3.39. The molecule has 1 aliphatic heterocycles. The lowest BCUT2D eigenvalue weighted by Crippen LogP contribution is -3.18. The summed E-state index contributed by atoms with van der Waals surface area (Å²) in [6.45, 7) is 5.34. The number of quaternary nitrogens is 2. The molecule has 0 radical (unpaired) electrons. The van der Waals surface area contributed by atoms with Crippen molar-refractivity contribution < 1.29 is 10.2 Å². The lowest BCUT2D eigenvalue weighted by molar-refractivity contribution is -0.930. The largest absolute Gasteiger partial charge is 0.337 e. The predicted octanol–water partition coefficient (Wildman–Crippen LogP) is -2.92. The zero-order chi connectivity index (χ0) is 5.11. The van der Waals surface area contributed by atoms with Crippen molar-refractivity contribution in [3.63, 3.8) is 0 Å². The van der Waals surface area contributed by atoms with Crippen molar-refractivity contribution in [3.05, 3.63) is 0 Å². The van der Waals surface area contributed by atoms with E-state index in [9.17, 15) is 0 Å². The van der Waals surface area contributed by atoms with Crippen molar-refractivity contribution in [2.24, 2.45) is 0 Å². The monoisotopic (exact) mass is 102 g/mol. The highest BCUT2D eigenvalue weighted by atomic mass is 15.2. The van der Waals surface area contributed by atoms with Gasteiger partial charge in [0.05, 0.1) is 7.05 Å². The van der Waals surface area contributed by atoms with E-state index in [4.69, 9.17) is 0 Å². The van der Waals surface area contributed by atoms with Gasteiger partial charge in [-0.25, -0.2) is 0 Å². The van der Waals surface area contributed by atoms with Crippen LogP contribution in [-0.4, -0.2) is 33.2 Å². The van der Waals surface area contributed by atoms with Gasteiger partial charge in [0.15, 0.2) is 0 Å². The summed E-state index contributed by atoms with van der Waals surface area (Å²) in [5, 5.41) is 2.38. The maximum absolute atomic E-state index is 2.38. The van der Waals surface area contributed by atoms with Crippen molar-refractivity contribution in [2.75, 3.05) is 33.2 Å². The molecular weight excluding hydrogens is 88.1 g/mol. The molecule has 1 fully saturated rings. The summed E-state index contributed by atoms with van der Waals surface area (Å²) in [4.78, 5) is 1.68. The van der Waals surface area contributed by atoms with Crippen LogP contribution in [0.1, 0.15) is 0 Å². The molecule has 0 aromatic heterocycles.